The molecule has 0 aliphatic carbocycles. The van der Waals surface area contributed by atoms with E-state index in [2.05, 4.69) is 0 Å². The molecule has 1 aliphatic heterocycles. The van der Waals surface area contributed by atoms with Gasteiger partial charge in [0.05, 0.1) is 12.2 Å². The van der Waals surface area contributed by atoms with Crippen LogP contribution in [-0.4, -0.2) is 28.2 Å². The van der Waals surface area contributed by atoms with E-state index in [1.165, 1.54) is 10.6 Å². The fraction of sp³-hybridized carbons (Fsp3) is 0.333. The molecule has 0 spiro atoms. The van der Waals surface area contributed by atoms with E-state index >= 15 is 0 Å². The van der Waals surface area contributed by atoms with Crippen LogP contribution in [0.25, 0.3) is 0 Å². The molecule has 2 aromatic rings. The van der Waals surface area contributed by atoms with Crippen LogP contribution in [0.4, 0.5) is 5.69 Å². The fourth-order valence-electron chi connectivity index (χ4n) is 2.92. The number of aromatic hydroxyl groups is 1. The zero-order valence-electron chi connectivity index (χ0n) is 13.9. The van der Waals surface area contributed by atoms with E-state index in [0.717, 1.165) is 11.6 Å². The van der Waals surface area contributed by atoms with Crippen molar-refractivity contribution in [3.63, 3.8) is 0 Å². The molecule has 0 unspecified atom stereocenters. The summed E-state index contributed by atoms with van der Waals surface area (Å²) in [6.45, 7) is 5.91. The van der Waals surface area contributed by atoms with E-state index in [1.807, 2.05) is 32.0 Å². The van der Waals surface area contributed by atoms with Crippen molar-refractivity contribution in [2.75, 3.05) is 11.4 Å². The van der Waals surface area contributed by atoms with Crippen molar-refractivity contribution in [3.05, 3.63) is 51.9 Å². The topological polar surface area (TPSA) is 71.8 Å². The molecule has 0 radical (unpaired) electrons. The number of pyridine rings is 1. The maximum absolute atomic E-state index is 12.8. The van der Waals surface area contributed by atoms with Crippen LogP contribution in [0.5, 0.6) is 11.5 Å². The molecule has 6 heteroatoms. The SMILES string of the molecule is Cc1ccc2c(c1)O[C@@H](C)CN2C(=O)Cn1c(C)cc(O)cc1=O. The van der Waals surface area contributed by atoms with Gasteiger partial charge in [-0.2, -0.15) is 0 Å². The van der Waals surface area contributed by atoms with Crippen molar-refractivity contribution in [3.8, 4) is 11.5 Å². The Morgan fingerprint density at radius 2 is 2.04 bits per heavy atom. The molecule has 0 bridgehead atoms. The highest BCUT2D eigenvalue weighted by molar-refractivity contribution is 5.95. The van der Waals surface area contributed by atoms with Gasteiger partial charge in [-0.25, -0.2) is 0 Å². The Hall–Kier alpha value is -2.76. The molecule has 3 rings (SSSR count). The number of hydrogen-bond acceptors (Lipinski definition) is 4. The molecule has 6 nitrogen and oxygen atoms in total. The summed E-state index contributed by atoms with van der Waals surface area (Å²) < 4.78 is 7.17. The van der Waals surface area contributed by atoms with E-state index in [-0.39, 0.29) is 24.3 Å². The van der Waals surface area contributed by atoms with Crippen LogP contribution in [0.1, 0.15) is 18.2 Å². The van der Waals surface area contributed by atoms with Crippen LogP contribution in [0.15, 0.2) is 35.1 Å². The molecule has 2 heterocycles. The molecule has 1 amide bonds. The third-order valence-electron chi connectivity index (χ3n) is 4.09. The molecule has 1 aliphatic rings. The van der Waals surface area contributed by atoms with E-state index in [4.69, 9.17) is 4.74 Å². The Labute approximate surface area is 139 Å². The normalized spacial score (nSPS) is 16.5. The van der Waals surface area contributed by atoms with Gasteiger partial charge >= 0.3 is 0 Å². The number of carbonyl (C=O) groups excluding carboxylic acids is 1. The lowest BCUT2D eigenvalue weighted by Gasteiger charge is -2.34. The van der Waals surface area contributed by atoms with Gasteiger partial charge in [0.15, 0.2) is 0 Å². The molecule has 1 aromatic carbocycles. The van der Waals surface area contributed by atoms with Gasteiger partial charge in [-0.05, 0) is 44.5 Å². The summed E-state index contributed by atoms with van der Waals surface area (Å²) in [4.78, 5) is 26.5. The van der Waals surface area contributed by atoms with Crippen molar-refractivity contribution < 1.29 is 14.6 Å². The molecule has 1 N–H and O–H groups in total. The second kappa shape index (κ2) is 6.03. The van der Waals surface area contributed by atoms with Gasteiger partial charge in [-0.1, -0.05) is 6.07 Å². The number of benzene rings is 1. The van der Waals surface area contributed by atoms with E-state index in [0.29, 0.717) is 23.7 Å². The molecule has 1 aromatic heterocycles. The second-order valence-electron chi connectivity index (χ2n) is 6.18. The summed E-state index contributed by atoms with van der Waals surface area (Å²) in [5.74, 6) is 0.394. The van der Waals surface area contributed by atoms with Gasteiger partial charge in [0.1, 0.15) is 24.1 Å². The highest BCUT2D eigenvalue weighted by atomic mass is 16.5. The highest BCUT2D eigenvalue weighted by Gasteiger charge is 2.28. The average molecular weight is 328 g/mol. The number of nitrogens with zero attached hydrogens (tertiary/aromatic N) is 2. The minimum absolute atomic E-state index is 0.0784. The van der Waals surface area contributed by atoms with Crippen molar-refractivity contribution in [2.24, 2.45) is 0 Å². The smallest absolute Gasteiger partial charge is 0.254 e. The van der Waals surface area contributed by atoms with Gasteiger partial charge in [0.2, 0.25) is 5.91 Å². The van der Waals surface area contributed by atoms with Gasteiger partial charge in [0, 0.05) is 11.8 Å². The molecule has 0 fully saturated rings. The third kappa shape index (κ3) is 2.99. The number of amides is 1. The predicted octanol–water partition coefficient (Wildman–Crippen LogP) is 1.98. The predicted molar refractivity (Wildman–Crippen MR) is 90.7 cm³/mol. The van der Waals surface area contributed by atoms with Crippen LogP contribution in [0, 0.1) is 13.8 Å². The lowest BCUT2D eigenvalue weighted by Crippen LogP contribution is -2.44. The number of aryl methyl sites for hydroxylation is 2. The zero-order chi connectivity index (χ0) is 17.4. The van der Waals surface area contributed by atoms with Crippen LogP contribution in [0.3, 0.4) is 0 Å². The lowest BCUT2D eigenvalue weighted by molar-refractivity contribution is -0.119. The number of fused-ring (bicyclic) bond motifs is 1. The highest BCUT2D eigenvalue weighted by Crippen LogP contribution is 2.34. The second-order valence-corrected chi connectivity index (χ2v) is 6.18. The Balaban J connectivity index is 1.93. The van der Waals surface area contributed by atoms with Gasteiger partial charge in [-0.15, -0.1) is 0 Å². The summed E-state index contributed by atoms with van der Waals surface area (Å²) >= 11 is 0. The standard InChI is InChI=1S/C18H20N2O4/c1-11-4-5-15-16(6-11)24-13(3)9-20(15)18(23)10-19-12(2)7-14(21)8-17(19)22/h4-8,13,21H,9-10H2,1-3H3/t13-/m0/s1. The van der Waals surface area contributed by atoms with Crippen LogP contribution in [-0.2, 0) is 11.3 Å². The number of anilines is 1. The number of carbonyl (C=O) groups is 1. The minimum Gasteiger partial charge on any atom is -0.508 e. The largest absolute Gasteiger partial charge is 0.508 e. The first-order valence-corrected chi connectivity index (χ1v) is 7.83. The molecule has 126 valence electrons. The molecular formula is C18H20N2O4. The third-order valence-corrected chi connectivity index (χ3v) is 4.09. The number of hydrogen-bond donors (Lipinski definition) is 1. The first-order valence-electron chi connectivity index (χ1n) is 7.83. The monoisotopic (exact) mass is 328 g/mol. The van der Waals surface area contributed by atoms with Crippen molar-refractivity contribution >= 4 is 11.6 Å². The lowest BCUT2D eigenvalue weighted by atomic mass is 10.1. The summed E-state index contributed by atoms with van der Waals surface area (Å²) in [6.07, 6.45) is -0.124. The first-order chi connectivity index (χ1) is 11.3. The maximum Gasteiger partial charge on any atom is 0.254 e. The fourth-order valence-corrected chi connectivity index (χ4v) is 2.92. The molecular weight excluding hydrogens is 308 g/mol. The average Bonchev–Trinajstić information content (AvgIpc) is 2.49. The molecule has 0 saturated heterocycles. The molecule has 0 saturated carbocycles. The molecule has 24 heavy (non-hydrogen) atoms. The van der Waals surface area contributed by atoms with E-state index in [9.17, 15) is 14.7 Å². The number of rotatable bonds is 2. The zero-order valence-corrected chi connectivity index (χ0v) is 13.9. The summed E-state index contributed by atoms with van der Waals surface area (Å²) in [7, 11) is 0. The maximum atomic E-state index is 12.8. The van der Waals surface area contributed by atoms with Gasteiger partial charge < -0.3 is 19.3 Å². The van der Waals surface area contributed by atoms with E-state index < -0.39 is 5.56 Å². The summed E-state index contributed by atoms with van der Waals surface area (Å²) in [5, 5.41) is 9.47. The Morgan fingerprint density at radius 3 is 2.75 bits per heavy atom. The Bertz CT molecular complexity index is 857. The van der Waals surface area contributed by atoms with Crippen molar-refractivity contribution in [1.82, 2.24) is 4.57 Å². The quantitative estimate of drug-likeness (QED) is 0.915. The Kier molecular flexibility index (Phi) is 4.05. The van der Waals surface area contributed by atoms with Gasteiger partial charge in [-0.3, -0.25) is 9.59 Å². The number of aromatic nitrogens is 1. The first kappa shape index (κ1) is 16.1. The van der Waals surface area contributed by atoms with E-state index in [1.54, 1.807) is 11.8 Å². The minimum atomic E-state index is -0.397. The molecule has 1 atom stereocenters. The Morgan fingerprint density at radius 1 is 1.29 bits per heavy atom. The van der Waals surface area contributed by atoms with Gasteiger partial charge in [0.25, 0.3) is 5.56 Å². The summed E-state index contributed by atoms with van der Waals surface area (Å²) in [5.41, 5.74) is 1.92. The van der Waals surface area contributed by atoms with Crippen LogP contribution >= 0.6 is 0 Å². The van der Waals surface area contributed by atoms with Crippen molar-refractivity contribution in [2.45, 2.75) is 33.4 Å². The van der Waals surface area contributed by atoms with Crippen LogP contribution < -0.4 is 15.2 Å². The van der Waals surface area contributed by atoms with Crippen LogP contribution in [0.2, 0.25) is 0 Å². The van der Waals surface area contributed by atoms with Crippen molar-refractivity contribution in [1.29, 1.82) is 0 Å². The summed E-state index contributed by atoms with van der Waals surface area (Å²) in [6, 6.07) is 8.27. The number of ether oxygens (including phenoxy) is 1.